The lowest BCUT2D eigenvalue weighted by atomic mass is 10.0. The van der Waals surface area contributed by atoms with Crippen molar-refractivity contribution in [1.82, 2.24) is 5.32 Å². The molecule has 15 heavy (non-hydrogen) atoms. The molecule has 0 unspecified atom stereocenters. The summed E-state index contributed by atoms with van der Waals surface area (Å²) in [5, 5.41) is 3.55. The number of aryl methyl sites for hydroxylation is 2. The van der Waals surface area contributed by atoms with E-state index in [4.69, 9.17) is 0 Å². The first-order chi connectivity index (χ1) is 7.15. The van der Waals surface area contributed by atoms with Crippen LogP contribution in [-0.2, 0) is 0 Å². The molecular weight excluding hydrogens is 182 g/mol. The summed E-state index contributed by atoms with van der Waals surface area (Å²) in [6.45, 7) is 9.92. The van der Waals surface area contributed by atoms with Gasteiger partial charge in [0.1, 0.15) is 0 Å². The highest BCUT2D eigenvalue weighted by Gasteiger charge is 2.04. The van der Waals surface area contributed by atoms with Crippen molar-refractivity contribution < 1.29 is 0 Å². The normalized spacial score (nSPS) is 12.8. The fourth-order valence-corrected chi connectivity index (χ4v) is 1.65. The Morgan fingerprint density at radius 2 is 1.93 bits per heavy atom. The third-order valence-electron chi connectivity index (χ3n) is 3.01. The zero-order chi connectivity index (χ0) is 11.3. The van der Waals surface area contributed by atoms with Crippen LogP contribution in [0.5, 0.6) is 0 Å². The van der Waals surface area contributed by atoms with Gasteiger partial charge in [0.05, 0.1) is 0 Å². The van der Waals surface area contributed by atoms with Crippen molar-refractivity contribution in [1.29, 1.82) is 0 Å². The molecule has 0 fully saturated rings. The minimum absolute atomic E-state index is 0.468. The van der Waals surface area contributed by atoms with E-state index < -0.39 is 0 Å². The van der Waals surface area contributed by atoms with Crippen LogP contribution >= 0.6 is 0 Å². The third-order valence-corrected chi connectivity index (χ3v) is 3.01. The number of rotatable bonds is 5. The summed E-state index contributed by atoms with van der Waals surface area (Å²) in [6, 6.07) is 7.20. The molecule has 1 atom stereocenters. The van der Waals surface area contributed by atoms with Crippen LogP contribution in [0.3, 0.4) is 0 Å². The predicted octanol–water partition coefficient (Wildman–Crippen LogP) is 3.75. The summed E-state index contributed by atoms with van der Waals surface area (Å²) in [6.07, 6.45) is 2.52. The summed E-state index contributed by atoms with van der Waals surface area (Å²) in [5.74, 6) is 0. The van der Waals surface area contributed by atoms with Gasteiger partial charge in [0.2, 0.25) is 0 Å². The third kappa shape index (κ3) is 3.67. The molecule has 0 spiro atoms. The van der Waals surface area contributed by atoms with Crippen LogP contribution in [0.25, 0.3) is 0 Å². The van der Waals surface area contributed by atoms with Crippen molar-refractivity contribution >= 4 is 0 Å². The molecular formula is C14H23N. The second-order valence-corrected chi connectivity index (χ2v) is 4.37. The van der Waals surface area contributed by atoms with E-state index >= 15 is 0 Å². The molecule has 0 bridgehead atoms. The zero-order valence-electron chi connectivity index (χ0n) is 10.4. The number of benzene rings is 1. The monoisotopic (exact) mass is 205 g/mol. The van der Waals surface area contributed by atoms with E-state index in [0.717, 1.165) is 6.54 Å². The number of hydrogen-bond acceptors (Lipinski definition) is 1. The SMILES string of the molecule is CCCCN[C@H](C)c1ccc(C)c(C)c1. The highest BCUT2D eigenvalue weighted by atomic mass is 14.9. The van der Waals surface area contributed by atoms with Crippen molar-refractivity contribution in [3.8, 4) is 0 Å². The summed E-state index contributed by atoms with van der Waals surface area (Å²) >= 11 is 0. The van der Waals surface area contributed by atoms with E-state index in [-0.39, 0.29) is 0 Å². The fraction of sp³-hybridized carbons (Fsp3) is 0.571. The van der Waals surface area contributed by atoms with Crippen molar-refractivity contribution in [2.45, 2.75) is 46.6 Å². The Morgan fingerprint density at radius 1 is 1.20 bits per heavy atom. The van der Waals surface area contributed by atoms with Crippen LogP contribution in [0.4, 0.5) is 0 Å². The van der Waals surface area contributed by atoms with E-state index in [1.807, 2.05) is 0 Å². The lowest BCUT2D eigenvalue weighted by molar-refractivity contribution is 0.554. The molecule has 1 aromatic carbocycles. The van der Waals surface area contributed by atoms with Crippen molar-refractivity contribution in [3.05, 3.63) is 34.9 Å². The predicted molar refractivity (Wildman–Crippen MR) is 67.2 cm³/mol. The van der Waals surface area contributed by atoms with E-state index in [2.05, 4.69) is 51.2 Å². The van der Waals surface area contributed by atoms with Crippen LogP contribution in [0.2, 0.25) is 0 Å². The standard InChI is InChI=1S/C14H23N/c1-5-6-9-15-13(4)14-8-7-11(2)12(3)10-14/h7-8,10,13,15H,5-6,9H2,1-4H3/t13-/m1/s1. The van der Waals surface area contributed by atoms with Crippen LogP contribution in [0, 0.1) is 13.8 Å². The van der Waals surface area contributed by atoms with Crippen LogP contribution < -0.4 is 5.32 Å². The maximum Gasteiger partial charge on any atom is 0.0291 e. The molecule has 0 aliphatic carbocycles. The molecule has 0 aliphatic heterocycles. The Labute approximate surface area is 93.9 Å². The highest BCUT2D eigenvalue weighted by molar-refractivity contribution is 5.31. The second kappa shape index (κ2) is 5.92. The Kier molecular flexibility index (Phi) is 4.83. The Hall–Kier alpha value is -0.820. The Bertz CT molecular complexity index is 304. The van der Waals surface area contributed by atoms with E-state index in [1.54, 1.807) is 0 Å². The quantitative estimate of drug-likeness (QED) is 0.722. The van der Waals surface area contributed by atoms with Crippen molar-refractivity contribution in [2.75, 3.05) is 6.54 Å². The number of unbranched alkanes of at least 4 members (excludes halogenated alkanes) is 1. The average molecular weight is 205 g/mol. The molecule has 0 saturated heterocycles. The topological polar surface area (TPSA) is 12.0 Å². The molecule has 0 radical (unpaired) electrons. The van der Waals surface area contributed by atoms with Gasteiger partial charge in [0, 0.05) is 6.04 Å². The molecule has 0 aliphatic rings. The van der Waals surface area contributed by atoms with E-state index in [1.165, 1.54) is 29.5 Å². The first kappa shape index (κ1) is 12.3. The molecule has 1 N–H and O–H groups in total. The van der Waals surface area contributed by atoms with E-state index in [0.29, 0.717) is 6.04 Å². The first-order valence-electron chi connectivity index (χ1n) is 5.95. The molecule has 1 rings (SSSR count). The summed E-state index contributed by atoms with van der Waals surface area (Å²) < 4.78 is 0. The molecule has 0 aromatic heterocycles. The zero-order valence-corrected chi connectivity index (χ0v) is 10.4. The van der Waals surface area contributed by atoms with Gasteiger partial charge in [-0.25, -0.2) is 0 Å². The van der Waals surface area contributed by atoms with Gasteiger partial charge in [-0.15, -0.1) is 0 Å². The second-order valence-electron chi connectivity index (χ2n) is 4.37. The highest BCUT2D eigenvalue weighted by Crippen LogP contribution is 2.16. The lowest BCUT2D eigenvalue weighted by Crippen LogP contribution is -2.19. The Morgan fingerprint density at radius 3 is 2.53 bits per heavy atom. The van der Waals surface area contributed by atoms with Crippen LogP contribution in [0.1, 0.15) is 49.4 Å². The largest absolute Gasteiger partial charge is 0.310 e. The van der Waals surface area contributed by atoms with Crippen LogP contribution in [0.15, 0.2) is 18.2 Å². The molecule has 1 nitrogen and oxygen atoms in total. The first-order valence-corrected chi connectivity index (χ1v) is 5.95. The van der Waals surface area contributed by atoms with Gasteiger partial charge >= 0.3 is 0 Å². The fourth-order valence-electron chi connectivity index (χ4n) is 1.65. The number of hydrogen-bond donors (Lipinski definition) is 1. The smallest absolute Gasteiger partial charge is 0.0291 e. The molecule has 84 valence electrons. The van der Waals surface area contributed by atoms with Gasteiger partial charge in [-0.05, 0) is 50.4 Å². The van der Waals surface area contributed by atoms with Gasteiger partial charge in [0.25, 0.3) is 0 Å². The summed E-state index contributed by atoms with van der Waals surface area (Å²) in [4.78, 5) is 0. The maximum absolute atomic E-state index is 3.55. The van der Waals surface area contributed by atoms with Crippen LogP contribution in [-0.4, -0.2) is 6.54 Å². The number of nitrogens with one attached hydrogen (secondary N) is 1. The Balaban J connectivity index is 2.57. The van der Waals surface area contributed by atoms with Crippen molar-refractivity contribution in [3.63, 3.8) is 0 Å². The minimum atomic E-state index is 0.468. The van der Waals surface area contributed by atoms with Gasteiger partial charge in [-0.1, -0.05) is 31.5 Å². The van der Waals surface area contributed by atoms with Gasteiger partial charge in [0.15, 0.2) is 0 Å². The molecule has 0 saturated carbocycles. The van der Waals surface area contributed by atoms with Crippen molar-refractivity contribution in [2.24, 2.45) is 0 Å². The maximum atomic E-state index is 3.55. The minimum Gasteiger partial charge on any atom is -0.310 e. The summed E-state index contributed by atoms with van der Waals surface area (Å²) in [5.41, 5.74) is 4.16. The molecule has 1 heteroatoms. The molecule has 0 amide bonds. The van der Waals surface area contributed by atoms with Gasteiger partial charge < -0.3 is 5.32 Å². The van der Waals surface area contributed by atoms with Gasteiger partial charge in [-0.2, -0.15) is 0 Å². The van der Waals surface area contributed by atoms with E-state index in [9.17, 15) is 0 Å². The molecule has 0 heterocycles. The molecule has 1 aromatic rings. The lowest BCUT2D eigenvalue weighted by Gasteiger charge is -2.15. The summed E-state index contributed by atoms with van der Waals surface area (Å²) in [7, 11) is 0. The average Bonchev–Trinajstić information content (AvgIpc) is 2.22. The van der Waals surface area contributed by atoms with Gasteiger partial charge in [-0.3, -0.25) is 0 Å².